The van der Waals surface area contributed by atoms with E-state index >= 15 is 0 Å². The number of hydrogen-bond donors (Lipinski definition) is 1. The molecule has 0 unspecified atom stereocenters. The van der Waals surface area contributed by atoms with Crippen molar-refractivity contribution in [2.75, 3.05) is 26.2 Å². The van der Waals surface area contributed by atoms with Crippen molar-refractivity contribution in [3.05, 3.63) is 35.9 Å². The van der Waals surface area contributed by atoms with E-state index in [1.807, 2.05) is 0 Å². The first-order valence-electron chi connectivity index (χ1n) is 6.00. The number of likely N-dealkylation sites (tertiary alicyclic amines) is 1. The molecule has 2 atom stereocenters. The third-order valence-corrected chi connectivity index (χ3v) is 3.84. The number of rotatable bonds is 2. The molecular weight excluding hydrogens is 184 g/mol. The second-order valence-electron chi connectivity index (χ2n) is 4.96. The average molecular weight is 203 g/mol. The lowest BCUT2D eigenvalue weighted by atomic mass is 10.0. The number of hydrogen-bond acceptors (Lipinski definition) is 1. The summed E-state index contributed by atoms with van der Waals surface area (Å²) in [6.45, 7) is 6.49. The van der Waals surface area contributed by atoms with Gasteiger partial charge in [0, 0.05) is 31.5 Å². The molecule has 2 aliphatic rings. The molecule has 0 spiro atoms. The van der Waals surface area contributed by atoms with E-state index in [0.717, 1.165) is 18.4 Å². The molecule has 1 aromatic rings. The summed E-state index contributed by atoms with van der Waals surface area (Å²) in [4.78, 5) is 2.62. The van der Waals surface area contributed by atoms with Crippen LogP contribution in [-0.2, 0) is 6.54 Å². The molecule has 1 aromatic carbocycles. The fourth-order valence-corrected chi connectivity index (χ4v) is 3.07. The van der Waals surface area contributed by atoms with Gasteiger partial charge in [-0.2, -0.15) is 0 Å². The summed E-state index contributed by atoms with van der Waals surface area (Å²) in [7, 11) is 0. The van der Waals surface area contributed by atoms with Crippen LogP contribution in [0.2, 0.25) is 0 Å². The van der Waals surface area contributed by atoms with E-state index in [1.165, 1.54) is 31.7 Å². The van der Waals surface area contributed by atoms with Crippen molar-refractivity contribution in [1.82, 2.24) is 4.90 Å². The highest BCUT2D eigenvalue weighted by Crippen LogP contribution is 2.24. The van der Waals surface area contributed by atoms with E-state index in [1.54, 1.807) is 0 Å². The molecule has 0 amide bonds. The lowest BCUT2D eigenvalue weighted by Gasteiger charge is -2.16. The number of fused-ring (bicyclic) bond motifs is 1. The molecule has 0 radical (unpaired) electrons. The summed E-state index contributed by atoms with van der Waals surface area (Å²) in [6.07, 6.45) is 0. The van der Waals surface area contributed by atoms with Gasteiger partial charge in [-0.15, -0.1) is 0 Å². The second kappa shape index (κ2) is 3.95. The Kier molecular flexibility index (Phi) is 2.47. The maximum atomic E-state index is 2.62. The first-order valence-corrected chi connectivity index (χ1v) is 6.00. The normalized spacial score (nSPS) is 30.7. The minimum absolute atomic E-state index is 0.966. The second-order valence-corrected chi connectivity index (χ2v) is 4.96. The van der Waals surface area contributed by atoms with Crippen LogP contribution >= 0.6 is 0 Å². The monoisotopic (exact) mass is 203 g/mol. The zero-order valence-corrected chi connectivity index (χ0v) is 9.10. The maximum Gasteiger partial charge on any atom is 0.0801 e. The van der Waals surface area contributed by atoms with E-state index in [2.05, 4.69) is 40.5 Å². The molecule has 0 aromatic heterocycles. The van der Waals surface area contributed by atoms with Gasteiger partial charge < -0.3 is 5.32 Å². The van der Waals surface area contributed by atoms with Crippen molar-refractivity contribution in [3.8, 4) is 0 Å². The summed E-state index contributed by atoms with van der Waals surface area (Å²) >= 11 is 0. The van der Waals surface area contributed by atoms with Gasteiger partial charge in [-0.25, -0.2) is 0 Å². The molecule has 0 saturated carbocycles. The first-order chi connectivity index (χ1) is 7.42. The van der Waals surface area contributed by atoms with Crippen molar-refractivity contribution < 1.29 is 5.32 Å². The summed E-state index contributed by atoms with van der Waals surface area (Å²) in [5.74, 6) is 1.93. The van der Waals surface area contributed by atoms with Gasteiger partial charge in [0.2, 0.25) is 0 Å². The molecule has 2 nitrogen and oxygen atoms in total. The fraction of sp³-hybridized carbons (Fsp3) is 0.538. The van der Waals surface area contributed by atoms with Gasteiger partial charge in [-0.1, -0.05) is 30.3 Å². The minimum atomic E-state index is 0.966. The Morgan fingerprint density at radius 2 is 1.73 bits per heavy atom. The molecule has 3 rings (SSSR count). The molecule has 80 valence electrons. The van der Waals surface area contributed by atoms with Crippen molar-refractivity contribution in [1.29, 1.82) is 0 Å². The van der Waals surface area contributed by atoms with Crippen molar-refractivity contribution in [2.45, 2.75) is 6.54 Å². The topological polar surface area (TPSA) is 19.9 Å². The number of quaternary nitrogens is 1. The largest absolute Gasteiger partial charge is 0.346 e. The SMILES string of the molecule is c1ccc(CN2C[C@H]3C[NH2+]C[C@@H]3C2)cc1. The third kappa shape index (κ3) is 1.92. The van der Waals surface area contributed by atoms with E-state index < -0.39 is 0 Å². The highest BCUT2D eigenvalue weighted by Gasteiger charge is 2.38. The van der Waals surface area contributed by atoms with Crippen LogP contribution in [0.25, 0.3) is 0 Å². The van der Waals surface area contributed by atoms with Gasteiger partial charge >= 0.3 is 0 Å². The first kappa shape index (κ1) is 9.37. The van der Waals surface area contributed by atoms with Crippen molar-refractivity contribution in [2.24, 2.45) is 11.8 Å². The fourth-order valence-electron chi connectivity index (χ4n) is 3.07. The van der Waals surface area contributed by atoms with Gasteiger partial charge in [0.05, 0.1) is 13.1 Å². The number of benzene rings is 1. The standard InChI is InChI=1S/C13H18N2/c1-2-4-11(5-3-1)8-15-9-12-6-14-7-13(12)10-15/h1-5,12-14H,6-10H2/p+1/t12-,13-/m1/s1. The minimum Gasteiger partial charge on any atom is -0.346 e. The predicted octanol–water partition coefficient (Wildman–Crippen LogP) is 0.312. The lowest BCUT2D eigenvalue weighted by molar-refractivity contribution is -0.640. The quantitative estimate of drug-likeness (QED) is 0.733. The predicted molar refractivity (Wildman–Crippen MR) is 60.4 cm³/mol. The maximum absolute atomic E-state index is 2.62. The average Bonchev–Trinajstić information content (AvgIpc) is 2.79. The van der Waals surface area contributed by atoms with Crippen LogP contribution in [0.5, 0.6) is 0 Å². The van der Waals surface area contributed by atoms with Gasteiger partial charge in [-0.05, 0) is 5.56 Å². The summed E-state index contributed by atoms with van der Waals surface area (Å²) in [6, 6.07) is 10.8. The molecular formula is C13H19N2+. The molecule has 2 aliphatic heterocycles. The van der Waals surface area contributed by atoms with Gasteiger partial charge in [0.15, 0.2) is 0 Å². The Bertz CT molecular complexity index is 311. The van der Waals surface area contributed by atoms with Crippen LogP contribution in [0.3, 0.4) is 0 Å². The smallest absolute Gasteiger partial charge is 0.0801 e. The Balaban J connectivity index is 1.62. The van der Waals surface area contributed by atoms with E-state index in [0.29, 0.717) is 0 Å². The molecule has 2 heterocycles. The van der Waals surface area contributed by atoms with Crippen LogP contribution in [0.1, 0.15) is 5.56 Å². The summed E-state index contributed by atoms with van der Waals surface area (Å²) in [5.41, 5.74) is 1.46. The molecule has 2 fully saturated rings. The van der Waals surface area contributed by atoms with Gasteiger partial charge in [0.1, 0.15) is 0 Å². The van der Waals surface area contributed by atoms with Crippen LogP contribution in [0.4, 0.5) is 0 Å². The number of nitrogens with two attached hydrogens (primary N) is 1. The van der Waals surface area contributed by atoms with Gasteiger partial charge in [-0.3, -0.25) is 4.90 Å². The van der Waals surface area contributed by atoms with Gasteiger partial charge in [0.25, 0.3) is 0 Å². The lowest BCUT2D eigenvalue weighted by Crippen LogP contribution is -2.82. The molecule has 0 bridgehead atoms. The van der Waals surface area contributed by atoms with E-state index in [4.69, 9.17) is 0 Å². The number of nitrogens with zero attached hydrogens (tertiary/aromatic N) is 1. The summed E-state index contributed by atoms with van der Waals surface area (Å²) in [5, 5.41) is 2.48. The van der Waals surface area contributed by atoms with Crippen LogP contribution in [0.15, 0.2) is 30.3 Å². The molecule has 2 saturated heterocycles. The Morgan fingerprint density at radius 3 is 2.40 bits per heavy atom. The van der Waals surface area contributed by atoms with Crippen LogP contribution < -0.4 is 5.32 Å². The Morgan fingerprint density at radius 1 is 1.07 bits per heavy atom. The Labute approximate surface area is 91.3 Å². The Hall–Kier alpha value is -0.860. The molecule has 0 aliphatic carbocycles. The molecule has 15 heavy (non-hydrogen) atoms. The highest BCUT2D eigenvalue weighted by atomic mass is 15.2. The molecule has 2 N–H and O–H groups in total. The van der Waals surface area contributed by atoms with E-state index in [9.17, 15) is 0 Å². The van der Waals surface area contributed by atoms with Crippen LogP contribution in [0, 0.1) is 11.8 Å². The van der Waals surface area contributed by atoms with Crippen LogP contribution in [-0.4, -0.2) is 31.1 Å². The van der Waals surface area contributed by atoms with E-state index in [-0.39, 0.29) is 0 Å². The molecule has 2 heteroatoms. The van der Waals surface area contributed by atoms with Crippen molar-refractivity contribution >= 4 is 0 Å². The zero-order chi connectivity index (χ0) is 10.1. The third-order valence-electron chi connectivity index (χ3n) is 3.84. The zero-order valence-electron chi connectivity index (χ0n) is 9.10. The van der Waals surface area contributed by atoms with Crippen molar-refractivity contribution in [3.63, 3.8) is 0 Å². The highest BCUT2D eigenvalue weighted by molar-refractivity contribution is 5.14. The summed E-state index contributed by atoms with van der Waals surface area (Å²) < 4.78 is 0.